The van der Waals surface area contributed by atoms with Crippen molar-refractivity contribution in [3.8, 4) is 0 Å². The van der Waals surface area contributed by atoms with Gasteiger partial charge in [0.25, 0.3) is 0 Å². The largest absolute Gasteiger partial charge is 0.465 e. The Bertz CT molecular complexity index is 700. The first-order chi connectivity index (χ1) is 11.1. The molecule has 1 N–H and O–H groups in total. The van der Waals surface area contributed by atoms with Crippen LogP contribution in [0, 0.1) is 6.92 Å². The van der Waals surface area contributed by atoms with E-state index >= 15 is 0 Å². The van der Waals surface area contributed by atoms with E-state index < -0.39 is 5.97 Å². The number of aryl methyl sites for hydroxylation is 1. The molecule has 0 spiro atoms. The lowest BCUT2D eigenvalue weighted by atomic mass is 10.2. The lowest BCUT2D eigenvalue weighted by Crippen LogP contribution is -2.17. The van der Waals surface area contributed by atoms with E-state index in [0.717, 1.165) is 5.75 Å². The summed E-state index contributed by atoms with van der Waals surface area (Å²) >= 11 is 1.53. The molecule has 120 valence electrons. The van der Waals surface area contributed by atoms with Crippen molar-refractivity contribution in [2.75, 3.05) is 18.2 Å². The summed E-state index contributed by atoms with van der Waals surface area (Å²) in [4.78, 5) is 23.7. The van der Waals surface area contributed by atoms with Gasteiger partial charge in [0, 0.05) is 5.75 Å². The summed E-state index contributed by atoms with van der Waals surface area (Å²) in [6.07, 6.45) is 0. The molecule has 0 aliphatic heterocycles. The van der Waals surface area contributed by atoms with Gasteiger partial charge in [-0.3, -0.25) is 4.79 Å². The van der Waals surface area contributed by atoms with E-state index in [0.29, 0.717) is 17.0 Å². The first-order valence-electron chi connectivity index (χ1n) is 7.20. The first kappa shape index (κ1) is 17.1. The fraction of sp³-hybridized carbons (Fsp3) is 0.222. The maximum atomic E-state index is 12.0. The van der Waals surface area contributed by atoms with Crippen LogP contribution in [0.25, 0.3) is 0 Å². The Hall–Kier alpha value is -2.27. The Labute approximate surface area is 140 Å². The molecule has 0 bridgehead atoms. The van der Waals surface area contributed by atoms with Gasteiger partial charge < -0.3 is 10.1 Å². The summed E-state index contributed by atoms with van der Waals surface area (Å²) in [5, 5.41) is 2.76. The minimum atomic E-state index is -0.465. The van der Waals surface area contributed by atoms with Gasteiger partial charge in [0.05, 0.1) is 24.1 Å². The van der Waals surface area contributed by atoms with Crippen molar-refractivity contribution in [3.05, 3.63) is 65.2 Å². The molecule has 0 saturated heterocycles. The number of amides is 1. The van der Waals surface area contributed by atoms with E-state index in [1.165, 1.54) is 30.0 Å². The van der Waals surface area contributed by atoms with E-state index in [2.05, 4.69) is 11.4 Å². The normalized spacial score (nSPS) is 10.2. The maximum absolute atomic E-state index is 12.0. The van der Waals surface area contributed by atoms with Crippen LogP contribution in [-0.2, 0) is 15.3 Å². The second kappa shape index (κ2) is 8.39. The number of esters is 1. The van der Waals surface area contributed by atoms with Crippen LogP contribution in [-0.4, -0.2) is 24.7 Å². The van der Waals surface area contributed by atoms with Gasteiger partial charge in [-0.05, 0) is 24.6 Å². The molecule has 0 saturated carbocycles. The van der Waals surface area contributed by atoms with Crippen LogP contribution in [0.4, 0.5) is 5.69 Å². The molecule has 0 aromatic heterocycles. The van der Waals surface area contributed by atoms with E-state index in [1.807, 2.05) is 25.1 Å². The number of carbonyl (C=O) groups excluding carboxylic acids is 2. The van der Waals surface area contributed by atoms with Crippen molar-refractivity contribution >= 4 is 29.3 Å². The highest BCUT2D eigenvalue weighted by atomic mass is 32.2. The smallest absolute Gasteiger partial charge is 0.339 e. The van der Waals surface area contributed by atoms with Crippen molar-refractivity contribution in [1.82, 2.24) is 0 Å². The Morgan fingerprint density at radius 3 is 2.65 bits per heavy atom. The standard InChI is InChI=1S/C18H19NO3S/c1-13-6-5-7-14(10-13)11-23-12-17(20)19-16-9-4-3-8-15(16)18(21)22-2/h3-10H,11-12H2,1-2H3,(H,19,20). The predicted octanol–water partition coefficient (Wildman–Crippen LogP) is 3.65. The van der Waals surface area contributed by atoms with Crippen molar-refractivity contribution in [2.45, 2.75) is 12.7 Å². The number of thioether (sulfide) groups is 1. The summed E-state index contributed by atoms with van der Waals surface area (Å²) in [5.74, 6) is 0.490. The molecule has 1 amide bonds. The zero-order chi connectivity index (χ0) is 16.7. The van der Waals surface area contributed by atoms with Crippen molar-refractivity contribution < 1.29 is 14.3 Å². The van der Waals surface area contributed by atoms with Gasteiger partial charge in [0.1, 0.15) is 0 Å². The number of para-hydroxylation sites is 1. The average molecular weight is 329 g/mol. The lowest BCUT2D eigenvalue weighted by molar-refractivity contribution is -0.113. The Kier molecular flexibility index (Phi) is 6.23. The zero-order valence-electron chi connectivity index (χ0n) is 13.2. The predicted molar refractivity (Wildman–Crippen MR) is 93.8 cm³/mol. The Balaban J connectivity index is 1.89. The quantitative estimate of drug-likeness (QED) is 0.822. The topological polar surface area (TPSA) is 55.4 Å². The highest BCUT2D eigenvalue weighted by Gasteiger charge is 2.13. The number of hydrogen-bond donors (Lipinski definition) is 1. The number of anilines is 1. The van der Waals surface area contributed by atoms with Crippen LogP contribution in [0.2, 0.25) is 0 Å². The summed E-state index contributed by atoms with van der Waals surface area (Å²) in [5.41, 5.74) is 3.23. The summed E-state index contributed by atoms with van der Waals surface area (Å²) in [7, 11) is 1.32. The fourth-order valence-electron chi connectivity index (χ4n) is 2.13. The number of nitrogens with one attached hydrogen (secondary N) is 1. The van der Waals surface area contributed by atoms with Crippen LogP contribution in [0.3, 0.4) is 0 Å². The van der Waals surface area contributed by atoms with Crippen LogP contribution < -0.4 is 5.32 Å². The molecule has 0 aliphatic rings. The number of methoxy groups -OCH3 is 1. The second-order valence-electron chi connectivity index (χ2n) is 5.07. The highest BCUT2D eigenvalue weighted by Crippen LogP contribution is 2.18. The van der Waals surface area contributed by atoms with Gasteiger partial charge in [0.15, 0.2) is 0 Å². The molecule has 5 heteroatoms. The third-order valence-corrected chi connectivity index (χ3v) is 4.19. The van der Waals surface area contributed by atoms with Crippen LogP contribution in [0.1, 0.15) is 21.5 Å². The minimum Gasteiger partial charge on any atom is -0.465 e. The Morgan fingerprint density at radius 2 is 1.91 bits per heavy atom. The number of ether oxygens (including phenoxy) is 1. The second-order valence-corrected chi connectivity index (χ2v) is 6.05. The first-order valence-corrected chi connectivity index (χ1v) is 8.36. The van der Waals surface area contributed by atoms with Crippen LogP contribution >= 0.6 is 11.8 Å². The number of rotatable bonds is 6. The molecule has 4 nitrogen and oxygen atoms in total. The Morgan fingerprint density at radius 1 is 1.13 bits per heavy atom. The zero-order valence-corrected chi connectivity index (χ0v) is 14.0. The minimum absolute atomic E-state index is 0.140. The SMILES string of the molecule is COC(=O)c1ccccc1NC(=O)CSCc1cccc(C)c1. The number of carbonyl (C=O) groups is 2. The molecule has 0 heterocycles. The molecule has 0 fully saturated rings. The number of hydrogen-bond acceptors (Lipinski definition) is 4. The molecule has 2 aromatic carbocycles. The van der Waals surface area contributed by atoms with Gasteiger partial charge in [-0.1, -0.05) is 42.0 Å². The molecule has 23 heavy (non-hydrogen) atoms. The van der Waals surface area contributed by atoms with E-state index in [9.17, 15) is 9.59 Å². The molecular weight excluding hydrogens is 310 g/mol. The van der Waals surface area contributed by atoms with E-state index in [1.54, 1.807) is 24.3 Å². The van der Waals surface area contributed by atoms with Gasteiger partial charge in [-0.15, -0.1) is 11.8 Å². The molecule has 2 rings (SSSR count). The lowest BCUT2D eigenvalue weighted by Gasteiger charge is -2.09. The van der Waals surface area contributed by atoms with E-state index in [-0.39, 0.29) is 5.91 Å². The van der Waals surface area contributed by atoms with Crippen LogP contribution in [0.15, 0.2) is 48.5 Å². The molecule has 0 unspecified atom stereocenters. The highest BCUT2D eigenvalue weighted by molar-refractivity contribution is 7.99. The fourth-order valence-corrected chi connectivity index (χ4v) is 2.90. The van der Waals surface area contributed by atoms with Crippen molar-refractivity contribution in [3.63, 3.8) is 0 Å². The van der Waals surface area contributed by atoms with Gasteiger partial charge in [-0.2, -0.15) is 0 Å². The number of benzene rings is 2. The molecule has 0 radical (unpaired) electrons. The summed E-state index contributed by atoms with van der Waals surface area (Å²) < 4.78 is 4.71. The third-order valence-electron chi connectivity index (χ3n) is 3.19. The van der Waals surface area contributed by atoms with Crippen LogP contribution in [0.5, 0.6) is 0 Å². The van der Waals surface area contributed by atoms with Gasteiger partial charge >= 0.3 is 5.97 Å². The third kappa shape index (κ3) is 5.14. The summed E-state index contributed by atoms with van der Waals surface area (Å²) in [6, 6.07) is 15.0. The average Bonchev–Trinajstić information content (AvgIpc) is 2.55. The van der Waals surface area contributed by atoms with Gasteiger partial charge in [-0.25, -0.2) is 4.79 Å². The van der Waals surface area contributed by atoms with E-state index in [4.69, 9.17) is 4.74 Å². The van der Waals surface area contributed by atoms with Crippen molar-refractivity contribution in [1.29, 1.82) is 0 Å². The molecule has 0 aliphatic carbocycles. The van der Waals surface area contributed by atoms with Crippen molar-refractivity contribution in [2.24, 2.45) is 0 Å². The molecule has 2 aromatic rings. The monoisotopic (exact) mass is 329 g/mol. The molecular formula is C18H19NO3S. The summed E-state index contributed by atoms with van der Waals surface area (Å²) in [6.45, 7) is 2.05. The molecule has 0 atom stereocenters. The van der Waals surface area contributed by atoms with Gasteiger partial charge in [0.2, 0.25) is 5.91 Å². The maximum Gasteiger partial charge on any atom is 0.339 e.